The first kappa shape index (κ1) is 15.0. The van der Waals surface area contributed by atoms with Crippen molar-refractivity contribution in [2.24, 2.45) is 5.16 Å². The molecular weight excluding hydrogens is 278 g/mol. The van der Waals surface area contributed by atoms with Crippen molar-refractivity contribution < 1.29 is 9.63 Å². The molecule has 1 N–H and O–H groups in total. The zero-order chi connectivity index (χ0) is 15.4. The fourth-order valence-electron chi connectivity index (χ4n) is 3.21. The Bertz CT molecular complexity index is 544. The van der Waals surface area contributed by atoms with Crippen molar-refractivity contribution in [2.45, 2.75) is 38.3 Å². The van der Waals surface area contributed by atoms with Crippen LogP contribution in [0.2, 0.25) is 0 Å². The van der Waals surface area contributed by atoms with Gasteiger partial charge in [-0.2, -0.15) is 0 Å². The van der Waals surface area contributed by atoms with E-state index < -0.39 is 0 Å². The molecular formula is C17H23N3O2. The summed E-state index contributed by atoms with van der Waals surface area (Å²) in [4.78, 5) is 20.1. The summed E-state index contributed by atoms with van der Waals surface area (Å²) in [5.41, 5.74) is 1.55. The van der Waals surface area contributed by atoms with E-state index in [0.717, 1.165) is 25.1 Å². The second kappa shape index (κ2) is 6.92. The predicted octanol–water partition coefficient (Wildman–Crippen LogP) is 2.10. The van der Waals surface area contributed by atoms with Crippen LogP contribution in [0.3, 0.4) is 0 Å². The van der Waals surface area contributed by atoms with Crippen LogP contribution in [-0.4, -0.2) is 42.2 Å². The zero-order valence-electron chi connectivity index (χ0n) is 13.0. The maximum absolute atomic E-state index is 12.2. The molecule has 0 saturated carbocycles. The molecule has 1 fully saturated rings. The molecule has 118 valence electrons. The summed E-state index contributed by atoms with van der Waals surface area (Å²) in [6.45, 7) is 5.04. The molecule has 5 nitrogen and oxygen atoms in total. The highest BCUT2D eigenvalue weighted by Crippen LogP contribution is 2.26. The first-order chi connectivity index (χ1) is 10.8. The fraction of sp³-hybridized carbons (Fsp3) is 0.529. The fourth-order valence-corrected chi connectivity index (χ4v) is 3.21. The maximum atomic E-state index is 12.2. The largest absolute Gasteiger partial charge is 0.387 e. The quantitative estimate of drug-likeness (QED) is 0.906. The number of carbonyl (C=O) groups excluding carboxylic acids is 1. The van der Waals surface area contributed by atoms with Crippen molar-refractivity contribution in [1.29, 1.82) is 0 Å². The van der Waals surface area contributed by atoms with E-state index in [1.165, 1.54) is 6.42 Å². The zero-order valence-corrected chi connectivity index (χ0v) is 13.0. The molecule has 1 saturated heterocycles. The Hall–Kier alpha value is -1.88. The average molecular weight is 301 g/mol. The van der Waals surface area contributed by atoms with Crippen LogP contribution in [0.5, 0.6) is 0 Å². The van der Waals surface area contributed by atoms with E-state index in [9.17, 15) is 4.79 Å². The SMILES string of the molecule is CCN1CCC[C@@H]1CNC(=O)C1=NO[C@@H](c2ccccc2)C1. The first-order valence-electron chi connectivity index (χ1n) is 8.07. The third kappa shape index (κ3) is 3.30. The smallest absolute Gasteiger partial charge is 0.269 e. The number of amides is 1. The van der Waals surface area contributed by atoms with Crippen LogP contribution >= 0.6 is 0 Å². The molecule has 2 atom stereocenters. The van der Waals surface area contributed by atoms with Crippen molar-refractivity contribution in [1.82, 2.24) is 10.2 Å². The van der Waals surface area contributed by atoms with Gasteiger partial charge in [-0.25, -0.2) is 0 Å². The van der Waals surface area contributed by atoms with Gasteiger partial charge in [-0.3, -0.25) is 9.69 Å². The standard InChI is InChI=1S/C17H23N3O2/c1-2-20-10-6-9-14(20)12-18-17(21)15-11-16(22-19-15)13-7-4-3-5-8-13/h3-5,7-8,14,16H,2,6,9-12H2,1H3,(H,18,21)/t14-,16-/m1/s1. The Balaban J connectivity index is 1.49. The highest BCUT2D eigenvalue weighted by Gasteiger charge is 2.28. The van der Waals surface area contributed by atoms with Gasteiger partial charge >= 0.3 is 0 Å². The summed E-state index contributed by atoms with van der Waals surface area (Å²) in [5.74, 6) is -0.0959. The van der Waals surface area contributed by atoms with Crippen molar-refractivity contribution >= 4 is 11.6 Å². The minimum absolute atomic E-state index is 0.0959. The average Bonchev–Trinajstić information content (AvgIpc) is 3.22. The van der Waals surface area contributed by atoms with Crippen molar-refractivity contribution in [3.8, 4) is 0 Å². The molecule has 1 aromatic carbocycles. The van der Waals surface area contributed by atoms with E-state index in [1.54, 1.807) is 0 Å². The number of hydrogen-bond donors (Lipinski definition) is 1. The molecule has 0 unspecified atom stereocenters. The van der Waals surface area contributed by atoms with Gasteiger partial charge in [0.25, 0.3) is 5.91 Å². The van der Waals surface area contributed by atoms with Gasteiger partial charge in [-0.05, 0) is 31.5 Å². The topological polar surface area (TPSA) is 53.9 Å². The summed E-state index contributed by atoms with van der Waals surface area (Å²) in [6.07, 6.45) is 2.77. The molecule has 1 aromatic rings. The molecule has 0 spiro atoms. The summed E-state index contributed by atoms with van der Waals surface area (Å²) in [6, 6.07) is 10.4. The van der Waals surface area contributed by atoms with Gasteiger partial charge in [-0.15, -0.1) is 0 Å². The molecule has 22 heavy (non-hydrogen) atoms. The molecule has 2 aliphatic rings. The van der Waals surface area contributed by atoms with Gasteiger partial charge in [0.2, 0.25) is 0 Å². The Labute approximate surface area is 131 Å². The molecule has 0 aromatic heterocycles. The van der Waals surface area contributed by atoms with Gasteiger partial charge in [0, 0.05) is 19.0 Å². The number of likely N-dealkylation sites (N-methyl/N-ethyl adjacent to an activating group) is 1. The molecule has 0 radical (unpaired) electrons. The highest BCUT2D eigenvalue weighted by atomic mass is 16.6. The normalized spacial score (nSPS) is 24.9. The second-order valence-corrected chi connectivity index (χ2v) is 5.88. The molecule has 1 amide bonds. The summed E-state index contributed by atoms with van der Waals surface area (Å²) in [7, 11) is 0. The molecule has 2 aliphatic heterocycles. The summed E-state index contributed by atoms with van der Waals surface area (Å²) >= 11 is 0. The molecule has 5 heteroatoms. The lowest BCUT2D eigenvalue weighted by molar-refractivity contribution is -0.115. The van der Waals surface area contributed by atoms with Crippen LogP contribution in [-0.2, 0) is 9.63 Å². The van der Waals surface area contributed by atoms with E-state index in [0.29, 0.717) is 24.7 Å². The van der Waals surface area contributed by atoms with Crippen LogP contribution in [0.1, 0.15) is 37.9 Å². The minimum atomic E-state index is -0.138. The van der Waals surface area contributed by atoms with Crippen LogP contribution in [0, 0.1) is 0 Å². The number of likely N-dealkylation sites (tertiary alicyclic amines) is 1. The van der Waals surface area contributed by atoms with E-state index in [2.05, 4.69) is 22.3 Å². The maximum Gasteiger partial charge on any atom is 0.269 e. The Kier molecular flexibility index (Phi) is 4.73. The number of carbonyl (C=O) groups is 1. The van der Waals surface area contributed by atoms with Crippen LogP contribution < -0.4 is 5.32 Å². The third-order valence-electron chi connectivity index (χ3n) is 4.51. The number of nitrogens with one attached hydrogen (secondary N) is 1. The lowest BCUT2D eigenvalue weighted by atomic mass is 10.0. The summed E-state index contributed by atoms with van der Waals surface area (Å²) < 4.78 is 0. The highest BCUT2D eigenvalue weighted by molar-refractivity contribution is 6.39. The second-order valence-electron chi connectivity index (χ2n) is 5.88. The van der Waals surface area contributed by atoms with Crippen LogP contribution in [0.4, 0.5) is 0 Å². The molecule has 0 bridgehead atoms. The Morgan fingerprint density at radius 3 is 3.00 bits per heavy atom. The van der Waals surface area contributed by atoms with Gasteiger partial charge in [0.15, 0.2) is 6.10 Å². The van der Waals surface area contributed by atoms with Crippen LogP contribution in [0.15, 0.2) is 35.5 Å². The minimum Gasteiger partial charge on any atom is -0.387 e. The van der Waals surface area contributed by atoms with Crippen LogP contribution in [0.25, 0.3) is 0 Å². The van der Waals surface area contributed by atoms with E-state index in [4.69, 9.17) is 4.84 Å². The van der Waals surface area contributed by atoms with Gasteiger partial charge in [0.05, 0.1) is 0 Å². The monoisotopic (exact) mass is 301 g/mol. The lowest BCUT2D eigenvalue weighted by Crippen LogP contribution is -2.42. The number of oxime groups is 1. The number of rotatable bonds is 5. The molecule has 0 aliphatic carbocycles. The van der Waals surface area contributed by atoms with Crippen molar-refractivity contribution in [3.63, 3.8) is 0 Å². The van der Waals surface area contributed by atoms with Crippen molar-refractivity contribution in [3.05, 3.63) is 35.9 Å². The van der Waals surface area contributed by atoms with Gasteiger partial charge in [-0.1, -0.05) is 42.4 Å². The number of nitrogens with zero attached hydrogens (tertiary/aromatic N) is 2. The Morgan fingerprint density at radius 1 is 1.41 bits per heavy atom. The molecule has 2 heterocycles. The Morgan fingerprint density at radius 2 is 2.23 bits per heavy atom. The van der Waals surface area contributed by atoms with E-state index in [-0.39, 0.29) is 12.0 Å². The first-order valence-corrected chi connectivity index (χ1v) is 8.07. The van der Waals surface area contributed by atoms with Gasteiger partial charge < -0.3 is 10.2 Å². The number of hydrogen-bond acceptors (Lipinski definition) is 4. The van der Waals surface area contributed by atoms with Crippen molar-refractivity contribution in [2.75, 3.05) is 19.6 Å². The predicted molar refractivity (Wildman–Crippen MR) is 85.6 cm³/mol. The van der Waals surface area contributed by atoms with E-state index in [1.807, 2.05) is 30.3 Å². The lowest BCUT2D eigenvalue weighted by Gasteiger charge is -2.22. The van der Waals surface area contributed by atoms with Gasteiger partial charge in [0.1, 0.15) is 5.71 Å². The summed E-state index contributed by atoms with van der Waals surface area (Å²) in [5, 5.41) is 6.98. The number of benzene rings is 1. The third-order valence-corrected chi connectivity index (χ3v) is 4.51. The molecule has 3 rings (SSSR count). The van der Waals surface area contributed by atoms with E-state index >= 15 is 0 Å².